The normalized spacial score (nSPS) is 22.2. The Balaban J connectivity index is 1.39. The molecule has 1 amide bonds. The minimum absolute atomic E-state index is 0.0872. The van der Waals surface area contributed by atoms with E-state index in [-0.39, 0.29) is 17.4 Å². The van der Waals surface area contributed by atoms with Crippen molar-refractivity contribution in [3.8, 4) is 11.5 Å². The van der Waals surface area contributed by atoms with E-state index in [0.29, 0.717) is 35.7 Å². The molecule has 3 aromatic carbocycles. The largest absolute Gasteiger partial charge is 0.490 e. The molecule has 0 aromatic heterocycles. The molecule has 1 N–H and O–H groups in total. The van der Waals surface area contributed by atoms with Gasteiger partial charge in [0.15, 0.2) is 17.0 Å². The Morgan fingerprint density at radius 1 is 1.00 bits per heavy atom. The lowest BCUT2D eigenvalue weighted by molar-refractivity contribution is -0.129. The molecule has 5 rings (SSSR count). The first kappa shape index (κ1) is 27.5. The fourth-order valence-electron chi connectivity index (χ4n) is 5.29. The number of rotatable bonds is 9. The fraction of sp³-hybridized carbons (Fsp3) is 0.344. The van der Waals surface area contributed by atoms with Crippen LogP contribution in [0.4, 0.5) is 5.69 Å². The van der Waals surface area contributed by atoms with Gasteiger partial charge in [-0.2, -0.15) is 0 Å². The lowest BCUT2D eigenvalue weighted by atomic mass is 9.85. The number of amides is 1. The summed E-state index contributed by atoms with van der Waals surface area (Å²) in [6, 6.07) is 23.8. The molecule has 204 valence electrons. The Bertz CT molecular complexity index is 1320. The molecule has 1 unspecified atom stereocenters. The number of nitrogens with zero attached hydrogens (tertiary/aromatic N) is 1. The topological polar surface area (TPSA) is 50.8 Å². The van der Waals surface area contributed by atoms with Crippen LogP contribution in [-0.4, -0.2) is 29.0 Å². The van der Waals surface area contributed by atoms with Crippen LogP contribution in [0.5, 0.6) is 11.5 Å². The molecule has 0 spiro atoms. The summed E-state index contributed by atoms with van der Waals surface area (Å²) in [6.45, 7) is 5.07. The number of hydrogen-bond donors (Lipinski definition) is 1. The highest BCUT2D eigenvalue weighted by Gasteiger charge is 2.42. The molecule has 5 nitrogen and oxygen atoms in total. The van der Waals surface area contributed by atoms with E-state index in [1.807, 2.05) is 85.8 Å². The van der Waals surface area contributed by atoms with Gasteiger partial charge in [0, 0.05) is 22.3 Å². The number of para-hydroxylation sites is 1. The Kier molecular flexibility index (Phi) is 9.05. The van der Waals surface area contributed by atoms with Gasteiger partial charge in [-0.3, -0.25) is 4.79 Å². The van der Waals surface area contributed by atoms with Crippen molar-refractivity contribution < 1.29 is 14.3 Å². The van der Waals surface area contributed by atoms with Crippen LogP contribution in [0.15, 0.2) is 77.7 Å². The van der Waals surface area contributed by atoms with Gasteiger partial charge < -0.3 is 19.7 Å². The van der Waals surface area contributed by atoms with Gasteiger partial charge in [0.2, 0.25) is 0 Å². The molecular weight excluding hydrogens is 528 g/mol. The van der Waals surface area contributed by atoms with Crippen LogP contribution in [0.25, 0.3) is 6.08 Å². The smallest absolute Gasteiger partial charge is 0.262 e. The van der Waals surface area contributed by atoms with Crippen molar-refractivity contribution in [3.05, 3.63) is 93.9 Å². The van der Waals surface area contributed by atoms with Crippen molar-refractivity contribution >= 4 is 41.0 Å². The molecule has 39 heavy (non-hydrogen) atoms. The number of carbonyl (C=O) groups is 1. The molecule has 0 radical (unpaired) electrons. The lowest BCUT2D eigenvalue weighted by Gasteiger charge is -2.39. The summed E-state index contributed by atoms with van der Waals surface area (Å²) >= 11 is 7.89. The van der Waals surface area contributed by atoms with Crippen molar-refractivity contribution in [1.82, 2.24) is 4.90 Å². The zero-order valence-corrected chi connectivity index (χ0v) is 24.0. The molecule has 3 aromatic rings. The highest BCUT2D eigenvalue weighted by atomic mass is 35.5. The Hall–Kier alpha value is -3.09. The van der Waals surface area contributed by atoms with Gasteiger partial charge in [-0.05, 0) is 67.7 Å². The van der Waals surface area contributed by atoms with E-state index in [0.717, 1.165) is 41.0 Å². The van der Waals surface area contributed by atoms with Gasteiger partial charge in [-0.25, -0.2) is 0 Å². The Labute approximate surface area is 240 Å². The van der Waals surface area contributed by atoms with Crippen LogP contribution in [-0.2, 0) is 11.4 Å². The molecule has 0 bridgehead atoms. The van der Waals surface area contributed by atoms with E-state index in [9.17, 15) is 4.79 Å². The molecule has 3 atom stereocenters. The van der Waals surface area contributed by atoms with Crippen LogP contribution >= 0.6 is 23.4 Å². The van der Waals surface area contributed by atoms with Crippen LogP contribution < -0.4 is 14.8 Å². The van der Waals surface area contributed by atoms with E-state index < -0.39 is 0 Å². The van der Waals surface area contributed by atoms with Crippen molar-refractivity contribution in [1.29, 1.82) is 0 Å². The van der Waals surface area contributed by atoms with E-state index in [1.54, 1.807) is 11.8 Å². The number of halogens is 1. The summed E-state index contributed by atoms with van der Waals surface area (Å²) < 4.78 is 12.0. The number of hydrogen-bond acceptors (Lipinski definition) is 5. The molecule has 2 aliphatic rings. The first-order valence-corrected chi connectivity index (χ1v) is 14.9. The first-order chi connectivity index (χ1) is 19.0. The van der Waals surface area contributed by atoms with E-state index in [4.69, 9.17) is 21.1 Å². The number of benzene rings is 3. The zero-order valence-electron chi connectivity index (χ0n) is 22.4. The molecule has 1 heterocycles. The zero-order chi connectivity index (χ0) is 27.2. The average molecular weight is 563 g/mol. The number of nitrogens with one attached hydrogen (secondary N) is 1. The van der Waals surface area contributed by atoms with Crippen molar-refractivity contribution in [3.63, 3.8) is 0 Å². The molecule has 1 aliphatic carbocycles. The summed E-state index contributed by atoms with van der Waals surface area (Å²) in [5.41, 5.74) is 2.67. The van der Waals surface area contributed by atoms with E-state index in [1.165, 1.54) is 6.42 Å². The Morgan fingerprint density at radius 2 is 1.77 bits per heavy atom. The second-order valence-electron chi connectivity index (χ2n) is 10.0. The summed E-state index contributed by atoms with van der Waals surface area (Å²) in [5, 5.41) is 4.27. The van der Waals surface area contributed by atoms with Crippen LogP contribution in [0.1, 0.15) is 50.7 Å². The predicted molar refractivity (Wildman–Crippen MR) is 161 cm³/mol. The molecule has 1 saturated carbocycles. The SMILES string of the molecule is CCOc1cc(/C=C2\SC(Nc3ccccc3)N([C@H]3CCCC[C@@H]3C)C2=O)ccc1OCc1ccccc1Cl. The molecule has 7 heteroatoms. The number of anilines is 1. The third-order valence-electron chi connectivity index (χ3n) is 7.33. The first-order valence-electron chi connectivity index (χ1n) is 13.7. The summed E-state index contributed by atoms with van der Waals surface area (Å²) in [4.78, 5) is 16.7. The van der Waals surface area contributed by atoms with Gasteiger partial charge in [-0.15, -0.1) is 0 Å². The van der Waals surface area contributed by atoms with Crippen LogP contribution in [0.2, 0.25) is 5.02 Å². The van der Waals surface area contributed by atoms with Gasteiger partial charge >= 0.3 is 0 Å². The minimum Gasteiger partial charge on any atom is -0.490 e. The van der Waals surface area contributed by atoms with Gasteiger partial charge in [0.1, 0.15) is 6.61 Å². The van der Waals surface area contributed by atoms with Gasteiger partial charge in [0.25, 0.3) is 5.91 Å². The average Bonchev–Trinajstić information content (AvgIpc) is 3.24. The van der Waals surface area contributed by atoms with E-state index >= 15 is 0 Å². The van der Waals surface area contributed by atoms with Crippen molar-refractivity contribution in [2.24, 2.45) is 5.92 Å². The molecule has 1 aliphatic heterocycles. The Morgan fingerprint density at radius 3 is 2.54 bits per heavy atom. The summed E-state index contributed by atoms with van der Waals surface area (Å²) in [6.07, 6.45) is 6.56. The summed E-state index contributed by atoms with van der Waals surface area (Å²) in [5.74, 6) is 1.85. The minimum atomic E-state index is -0.152. The van der Waals surface area contributed by atoms with Crippen molar-refractivity contribution in [2.75, 3.05) is 11.9 Å². The predicted octanol–water partition coefficient (Wildman–Crippen LogP) is 8.21. The monoisotopic (exact) mass is 562 g/mol. The lowest BCUT2D eigenvalue weighted by Crippen LogP contribution is -2.48. The molecular formula is C32H35ClN2O3S. The molecule has 2 fully saturated rings. The maximum atomic E-state index is 13.9. The molecule has 1 saturated heterocycles. The van der Waals surface area contributed by atoms with Crippen LogP contribution in [0, 0.1) is 5.92 Å². The maximum absolute atomic E-state index is 13.9. The highest BCUT2D eigenvalue weighted by molar-refractivity contribution is 8.05. The third kappa shape index (κ3) is 6.56. The second-order valence-corrected chi connectivity index (χ2v) is 11.6. The maximum Gasteiger partial charge on any atom is 0.262 e. The van der Waals surface area contributed by atoms with Gasteiger partial charge in [-0.1, -0.05) is 85.6 Å². The number of ether oxygens (including phenoxy) is 2. The third-order valence-corrected chi connectivity index (χ3v) is 8.81. The number of carbonyl (C=O) groups excluding carboxylic acids is 1. The van der Waals surface area contributed by atoms with Crippen molar-refractivity contribution in [2.45, 2.75) is 57.7 Å². The number of thioether (sulfide) groups is 1. The standard InChI is InChI=1S/C32H35ClN2O3S/c1-3-37-29-19-23(17-18-28(29)38-21-24-12-8-9-15-26(24)33)20-30-31(36)35(27-16-10-7-11-22(27)2)32(39-30)34-25-13-5-4-6-14-25/h4-6,8-9,12-15,17-20,22,27,32,34H,3,7,10-11,16,21H2,1-2H3/b30-20-/t22-,27-,32?/m0/s1. The van der Waals surface area contributed by atoms with E-state index in [2.05, 4.69) is 17.1 Å². The quantitative estimate of drug-likeness (QED) is 0.266. The van der Waals surface area contributed by atoms with Crippen LogP contribution in [0.3, 0.4) is 0 Å². The summed E-state index contributed by atoms with van der Waals surface area (Å²) in [7, 11) is 0. The second kappa shape index (κ2) is 12.8. The highest BCUT2D eigenvalue weighted by Crippen LogP contribution is 2.42. The fourth-order valence-corrected chi connectivity index (χ4v) is 6.69. The van der Waals surface area contributed by atoms with Gasteiger partial charge in [0.05, 0.1) is 11.5 Å².